The fraction of sp³-hybridized carbons (Fsp3) is 0.750. The monoisotopic (exact) mass is 158 g/mol. The van der Waals surface area contributed by atoms with Gasteiger partial charge in [0.2, 0.25) is 0 Å². The molecular weight excluding hydrogens is 144 g/mol. The normalized spacial score (nSPS) is 12.5. The van der Waals surface area contributed by atoms with E-state index in [-0.39, 0.29) is 12.3 Å². The summed E-state index contributed by atoms with van der Waals surface area (Å²) in [4.78, 5) is 20.5. The van der Waals surface area contributed by atoms with Crippen molar-refractivity contribution in [1.29, 1.82) is 0 Å². The summed E-state index contributed by atoms with van der Waals surface area (Å²) in [6, 6.07) is 0. The van der Waals surface area contributed by atoms with Crippen LogP contribution < -0.4 is 0 Å². The highest BCUT2D eigenvalue weighted by Crippen LogP contribution is 2.09. The molecule has 0 aliphatic rings. The van der Waals surface area contributed by atoms with Gasteiger partial charge >= 0.3 is 5.97 Å². The molecule has 3 nitrogen and oxygen atoms in total. The number of unbranched alkanes of at least 4 members (excludes halogenated alkanes) is 1. The Balaban J connectivity index is 3.57. The first-order valence-corrected chi connectivity index (χ1v) is 3.87. The van der Waals surface area contributed by atoms with Crippen LogP contribution in [0.2, 0.25) is 0 Å². The summed E-state index contributed by atoms with van der Waals surface area (Å²) in [5, 5.41) is 8.36. The summed E-state index contributed by atoms with van der Waals surface area (Å²) in [6.45, 7) is 2.02. The minimum absolute atomic E-state index is 0.0243. The van der Waals surface area contributed by atoms with Gasteiger partial charge < -0.3 is 9.90 Å². The maximum Gasteiger partial charge on any atom is 0.304 e. The quantitative estimate of drug-likeness (QED) is 0.595. The van der Waals surface area contributed by atoms with Gasteiger partial charge in [-0.15, -0.1) is 0 Å². The minimum Gasteiger partial charge on any atom is -0.481 e. The molecule has 11 heavy (non-hydrogen) atoms. The van der Waals surface area contributed by atoms with Crippen molar-refractivity contribution in [3.8, 4) is 0 Å². The molecule has 64 valence electrons. The van der Waals surface area contributed by atoms with Crippen LogP contribution >= 0.6 is 0 Å². The predicted octanol–water partition coefficient (Wildman–Crippen LogP) is 1.47. The predicted molar refractivity (Wildman–Crippen MR) is 41.3 cm³/mol. The van der Waals surface area contributed by atoms with E-state index in [9.17, 15) is 9.59 Å². The van der Waals surface area contributed by atoms with Crippen LogP contribution in [0.5, 0.6) is 0 Å². The molecule has 0 aromatic rings. The average molecular weight is 158 g/mol. The van der Waals surface area contributed by atoms with E-state index in [0.717, 1.165) is 19.1 Å². The van der Waals surface area contributed by atoms with Gasteiger partial charge in [-0.1, -0.05) is 19.8 Å². The Kier molecular flexibility index (Phi) is 5.43. The lowest BCUT2D eigenvalue weighted by atomic mass is 10.0. The summed E-state index contributed by atoms with van der Waals surface area (Å²) in [5.74, 6) is -1.18. The van der Waals surface area contributed by atoms with E-state index in [1.807, 2.05) is 6.92 Å². The molecule has 1 N–H and O–H groups in total. The second kappa shape index (κ2) is 5.89. The highest BCUT2D eigenvalue weighted by Gasteiger charge is 2.10. The molecule has 0 spiro atoms. The Morgan fingerprint density at radius 3 is 2.64 bits per heavy atom. The van der Waals surface area contributed by atoms with E-state index in [0.29, 0.717) is 6.42 Å². The van der Waals surface area contributed by atoms with Gasteiger partial charge in [-0.05, 0) is 6.42 Å². The third-order valence-corrected chi connectivity index (χ3v) is 1.56. The summed E-state index contributed by atoms with van der Waals surface area (Å²) in [5.41, 5.74) is 0. The molecule has 0 radical (unpaired) electrons. The molecule has 0 rings (SSSR count). The van der Waals surface area contributed by atoms with E-state index < -0.39 is 5.97 Å². The van der Waals surface area contributed by atoms with Crippen molar-refractivity contribution in [3.63, 3.8) is 0 Å². The van der Waals surface area contributed by atoms with Crippen molar-refractivity contribution < 1.29 is 14.7 Å². The molecule has 0 heterocycles. The maximum atomic E-state index is 10.3. The third kappa shape index (κ3) is 5.58. The molecule has 0 amide bonds. The summed E-state index contributed by atoms with van der Waals surface area (Å²) >= 11 is 0. The number of carbonyl (C=O) groups is 2. The van der Waals surface area contributed by atoms with Gasteiger partial charge in [0.1, 0.15) is 6.29 Å². The molecule has 1 atom stereocenters. The van der Waals surface area contributed by atoms with Crippen LogP contribution in [0.1, 0.15) is 32.6 Å². The van der Waals surface area contributed by atoms with E-state index in [4.69, 9.17) is 5.11 Å². The van der Waals surface area contributed by atoms with E-state index >= 15 is 0 Å². The summed E-state index contributed by atoms with van der Waals surface area (Å²) < 4.78 is 0. The average Bonchev–Trinajstić information content (AvgIpc) is 1.97. The van der Waals surface area contributed by atoms with Crippen LogP contribution in [0, 0.1) is 5.92 Å². The Morgan fingerprint density at radius 1 is 1.64 bits per heavy atom. The van der Waals surface area contributed by atoms with Crippen LogP contribution in [-0.4, -0.2) is 17.4 Å². The van der Waals surface area contributed by atoms with Crippen molar-refractivity contribution in [1.82, 2.24) is 0 Å². The highest BCUT2D eigenvalue weighted by atomic mass is 16.4. The molecule has 0 aromatic heterocycles. The first-order chi connectivity index (χ1) is 5.20. The fourth-order valence-corrected chi connectivity index (χ4v) is 0.909. The van der Waals surface area contributed by atoms with E-state index in [1.54, 1.807) is 0 Å². The first-order valence-electron chi connectivity index (χ1n) is 3.87. The largest absolute Gasteiger partial charge is 0.481 e. The smallest absolute Gasteiger partial charge is 0.304 e. The molecule has 0 fully saturated rings. The number of hydrogen-bond acceptors (Lipinski definition) is 2. The van der Waals surface area contributed by atoms with Crippen LogP contribution in [0.4, 0.5) is 0 Å². The van der Waals surface area contributed by atoms with Crippen LogP contribution in [0.25, 0.3) is 0 Å². The van der Waals surface area contributed by atoms with Crippen LogP contribution in [-0.2, 0) is 9.59 Å². The molecule has 0 bridgehead atoms. The molecule has 0 aliphatic heterocycles. The van der Waals surface area contributed by atoms with Crippen LogP contribution in [0.15, 0.2) is 0 Å². The lowest BCUT2D eigenvalue weighted by molar-refractivity contribution is -0.139. The van der Waals surface area contributed by atoms with E-state index in [1.165, 1.54) is 0 Å². The van der Waals surface area contributed by atoms with Crippen molar-refractivity contribution >= 4 is 12.3 Å². The van der Waals surface area contributed by atoms with Crippen molar-refractivity contribution in [2.75, 3.05) is 0 Å². The van der Waals surface area contributed by atoms with Gasteiger partial charge in [-0.3, -0.25) is 4.79 Å². The Labute approximate surface area is 66.4 Å². The zero-order chi connectivity index (χ0) is 8.69. The van der Waals surface area contributed by atoms with Gasteiger partial charge in [0.25, 0.3) is 0 Å². The molecule has 0 saturated heterocycles. The minimum atomic E-state index is -0.891. The Morgan fingerprint density at radius 2 is 2.27 bits per heavy atom. The molecule has 3 heteroatoms. The number of carbonyl (C=O) groups excluding carboxylic acids is 1. The molecule has 0 unspecified atom stereocenters. The first kappa shape index (κ1) is 10.1. The SMILES string of the molecule is CCCC[C@@H](C=O)CC(=O)O. The standard InChI is InChI=1S/C8H14O3/c1-2-3-4-7(6-9)5-8(10)11/h6-7H,2-5H2,1H3,(H,10,11)/t7-/m1/s1. The number of hydrogen-bond donors (Lipinski definition) is 1. The topological polar surface area (TPSA) is 54.4 Å². The Bertz CT molecular complexity index is 131. The second-order valence-electron chi connectivity index (χ2n) is 2.64. The lowest BCUT2D eigenvalue weighted by Gasteiger charge is -2.04. The maximum absolute atomic E-state index is 10.3. The van der Waals surface area contributed by atoms with Gasteiger partial charge in [-0.25, -0.2) is 0 Å². The van der Waals surface area contributed by atoms with Gasteiger partial charge in [-0.2, -0.15) is 0 Å². The zero-order valence-electron chi connectivity index (χ0n) is 6.75. The molecular formula is C8H14O3. The number of carboxylic acids is 1. The summed E-state index contributed by atoms with van der Waals surface area (Å²) in [7, 11) is 0. The number of carboxylic acid groups (broad SMARTS) is 1. The van der Waals surface area contributed by atoms with Gasteiger partial charge in [0, 0.05) is 5.92 Å². The summed E-state index contributed by atoms with van der Waals surface area (Å²) in [6.07, 6.45) is 3.35. The molecule has 0 saturated carbocycles. The van der Waals surface area contributed by atoms with Crippen molar-refractivity contribution in [2.45, 2.75) is 32.6 Å². The number of rotatable bonds is 6. The second-order valence-corrected chi connectivity index (χ2v) is 2.64. The van der Waals surface area contributed by atoms with E-state index in [2.05, 4.69) is 0 Å². The van der Waals surface area contributed by atoms with Crippen molar-refractivity contribution in [2.24, 2.45) is 5.92 Å². The van der Waals surface area contributed by atoms with Gasteiger partial charge in [0.05, 0.1) is 6.42 Å². The van der Waals surface area contributed by atoms with Crippen LogP contribution in [0.3, 0.4) is 0 Å². The molecule has 0 aromatic carbocycles. The highest BCUT2D eigenvalue weighted by molar-refractivity contribution is 5.71. The third-order valence-electron chi connectivity index (χ3n) is 1.56. The van der Waals surface area contributed by atoms with Gasteiger partial charge in [0.15, 0.2) is 0 Å². The fourth-order valence-electron chi connectivity index (χ4n) is 0.909. The molecule has 0 aliphatic carbocycles. The van der Waals surface area contributed by atoms with Crippen molar-refractivity contribution in [3.05, 3.63) is 0 Å². The Hall–Kier alpha value is -0.860. The number of aldehydes is 1. The number of aliphatic carboxylic acids is 1. The lowest BCUT2D eigenvalue weighted by Crippen LogP contribution is -2.08. The zero-order valence-corrected chi connectivity index (χ0v) is 6.75.